The van der Waals surface area contributed by atoms with Gasteiger partial charge in [-0.2, -0.15) is 0 Å². The summed E-state index contributed by atoms with van der Waals surface area (Å²) < 4.78 is 0. The minimum atomic E-state index is 0. The summed E-state index contributed by atoms with van der Waals surface area (Å²) >= 11 is 0. The highest BCUT2D eigenvalue weighted by Gasteiger charge is 1.92. The van der Waals surface area contributed by atoms with Crippen LogP contribution in [0, 0.1) is 0 Å². The number of hydrogen-bond donors (Lipinski definition) is 0. The van der Waals surface area contributed by atoms with Crippen molar-refractivity contribution in [3.8, 4) is 0 Å². The number of hydrogen-bond acceptors (Lipinski definition) is 0. The molecule has 0 aliphatic rings. The Bertz CT molecular complexity index is 98.1. The van der Waals surface area contributed by atoms with Gasteiger partial charge in [0.2, 0.25) is 0 Å². The van der Waals surface area contributed by atoms with Crippen molar-refractivity contribution in [3.63, 3.8) is 0 Å². The fourth-order valence-electron chi connectivity index (χ4n) is 2.27. The summed E-state index contributed by atoms with van der Waals surface area (Å²) in [5.41, 5.74) is 0. The third-order valence-electron chi connectivity index (χ3n) is 3.46. The SMILES string of the molecule is CCCCCCCCCCCCCCCC.F. The summed E-state index contributed by atoms with van der Waals surface area (Å²) in [6.45, 7) is 4.58. The number of rotatable bonds is 13. The molecule has 0 unspecified atom stereocenters. The maximum absolute atomic E-state index is 2.29. The van der Waals surface area contributed by atoms with E-state index in [0.29, 0.717) is 0 Å². The fraction of sp³-hybridized carbons (Fsp3) is 1.00. The molecule has 0 N–H and O–H groups in total. The van der Waals surface area contributed by atoms with Crippen LogP contribution in [0.2, 0.25) is 0 Å². The molecular formula is C16H35F. The van der Waals surface area contributed by atoms with Crippen LogP contribution in [0.3, 0.4) is 0 Å². The predicted octanol–water partition coefficient (Wildman–Crippen LogP) is 6.64. The van der Waals surface area contributed by atoms with E-state index < -0.39 is 0 Å². The summed E-state index contributed by atoms with van der Waals surface area (Å²) in [5, 5.41) is 0. The molecular weight excluding hydrogens is 211 g/mol. The summed E-state index contributed by atoms with van der Waals surface area (Å²) in [7, 11) is 0. The van der Waals surface area contributed by atoms with Crippen LogP contribution in [0.4, 0.5) is 4.70 Å². The van der Waals surface area contributed by atoms with Crippen molar-refractivity contribution in [1.29, 1.82) is 0 Å². The smallest absolute Gasteiger partial charge is 0.0533 e. The molecule has 17 heavy (non-hydrogen) atoms. The quantitative estimate of drug-likeness (QED) is 0.319. The molecule has 1 heteroatoms. The van der Waals surface area contributed by atoms with Crippen LogP contribution in [0.5, 0.6) is 0 Å². The highest BCUT2D eigenvalue weighted by atomic mass is 19.0. The minimum absolute atomic E-state index is 0. The maximum Gasteiger partial charge on any atom is -0.0533 e. The lowest BCUT2D eigenvalue weighted by molar-refractivity contribution is 0.538. The predicted molar refractivity (Wildman–Crippen MR) is 78.5 cm³/mol. The molecule has 0 fully saturated rings. The van der Waals surface area contributed by atoms with Crippen LogP contribution >= 0.6 is 0 Å². The maximum atomic E-state index is 2.29. The van der Waals surface area contributed by atoms with Gasteiger partial charge in [-0.15, -0.1) is 0 Å². The van der Waals surface area contributed by atoms with E-state index in [1.165, 1.54) is 89.9 Å². The Morgan fingerprint density at radius 1 is 0.353 bits per heavy atom. The molecule has 0 bridgehead atoms. The Morgan fingerprint density at radius 3 is 0.706 bits per heavy atom. The number of halogens is 1. The first-order valence-corrected chi connectivity index (χ1v) is 7.91. The molecule has 0 amide bonds. The molecule has 0 atom stereocenters. The van der Waals surface area contributed by atoms with Crippen LogP contribution < -0.4 is 0 Å². The fourth-order valence-corrected chi connectivity index (χ4v) is 2.27. The summed E-state index contributed by atoms with van der Waals surface area (Å²) in [6, 6.07) is 0. The van der Waals surface area contributed by atoms with E-state index in [1.807, 2.05) is 0 Å². The second-order valence-electron chi connectivity index (χ2n) is 5.24. The Morgan fingerprint density at radius 2 is 0.529 bits per heavy atom. The first-order chi connectivity index (χ1) is 7.91. The van der Waals surface area contributed by atoms with Gasteiger partial charge < -0.3 is 0 Å². The van der Waals surface area contributed by atoms with E-state index in [9.17, 15) is 0 Å². The van der Waals surface area contributed by atoms with Crippen molar-refractivity contribution in [2.24, 2.45) is 0 Å². The molecule has 0 rings (SSSR count). The molecule has 0 nitrogen and oxygen atoms in total. The van der Waals surface area contributed by atoms with E-state index in [0.717, 1.165) is 0 Å². The summed E-state index contributed by atoms with van der Waals surface area (Å²) in [4.78, 5) is 0. The van der Waals surface area contributed by atoms with Gasteiger partial charge in [0.15, 0.2) is 0 Å². The zero-order valence-electron chi connectivity index (χ0n) is 12.3. The molecule has 0 aliphatic carbocycles. The molecule has 0 aromatic heterocycles. The molecule has 0 aromatic carbocycles. The lowest BCUT2D eigenvalue weighted by Gasteiger charge is -2.02. The second kappa shape index (κ2) is 18.3. The third-order valence-corrected chi connectivity index (χ3v) is 3.46. The summed E-state index contributed by atoms with van der Waals surface area (Å²) in [6.07, 6.45) is 20.4. The Hall–Kier alpha value is -0.0700. The van der Waals surface area contributed by atoms with Gasteiger partial charge in [-0.25, -0.2) is 0 Å². The molecule has 0 spiro atoms. The third kappa shape index (κ3) is 18.5. The van der Waals surface area contributed by atoms with Gasteiger partial charge in [0.25, 0.3) is 0 Å². The van der Waals surface area contributed by atoms with Crippen LogP contribution in [0.1, 0.15) is 104 Å². The second-order valence-corrected chi connectivity index (χ2v) is 5.24. The van der Waals surface area contributed by atoms with Gasteiger partial charge >= 0.3 is 0 Å². The Kier molecular flexibility index (Phi) is 20.7. The highest BCUT2D eigenvalue weighted by molar-refractivity contribution is 4.48. The monoisotopic (exact) mass is 246 g/mol. The van der Waals surface area contributed by atoms with Crippen molar-refractivity contribution in [2.45, 2.75) is 104 Å². The lowest BCUT2D eigenvalue weighted by atomic mass is 10.0. The van der Waals surface area contributed by atoms with E-state index in [1.54, 1.807) is 0 Å². The van der Waals surface area contributed by atoms with Crippen molar-refractivity contribution in [3.05, 3.63) is 0 Å². The van der Waals surface area contributed by atoms with E-state index >= 15 is 0 Å². The Balaban J connectivity index is 0. The van der Waals surface area contributed by atoms with Crippen LogP contribution in [0.15, 0.2) is 0 Å². The molecule has 0 aromatic rings. The first-order valence-electron chi connectivity index (χ1n) is 7.91. The average Bonchev–Trinajstić information content (AvgIpc) is 2.31. The first kappa shape index (κ1) is 19.3. The largest absolute Gasteiger partial charge is 0.269 e. The average molecular weight is 246 g/mol. The van der Waals surface area contributed by atoms with Crippen LogP contribution in [-0.4, -0.2) is 0 Å². The van der Waals surface area contributed by atoms with Gasteiger partial charge in [-0.05, 0) is 0 Å². The summed E-state index contributed by atoms with van der Waals surface area (Å²) in [5.74, 6) is 0. The zero-order valence-corrected chi connectivity index (χ0v) is 12.3. The van der Waals surface area contributed by atoms with E-state index in [4.69, 9.17) is 0 Å². The zero-order chi connectivity index (χ0) is 11.9. The highest BCUT2D eigenvalue weighted by Crippen LogP contribution is 2.12. The minimum Gasteiger partial charge on any atom is -0.269 e. The molecule has 0 aliphatic heterocycles. The standard InChI is InChI=1S/C16H34.FH/c1-3-5-7-9-11-13-15-16-14-12-10-8-6-4-2;/h3-16H2,1-2H3;1H. The molecule has 0 saturated heterocycles. The van der Waals surface area contributed by atoms with Crippen molar-refractivity contribution in [1.82, 2.24) is 0 Å². The molecule has 0 radical (unpaired) electrons. The van der Waals surface area contributed by atoms with Gasteiger partial charge in [0.05, 0.1) is 0 Å². The lowest BCUT2D eigenvalue weighted by Crippen LogP contribution is -1.82. The molecule has 106 valence electrons. The van der Waals surface area contributed by atoms with Crippen molar-refractivity contribution >= 4 is 0 Å². The molecule has 0 heterocycles. The van der Waals surface area contributed by atoms with Gasteiger partial charge in [-0.1, -0.05) is 104 Å². The number of unbranched alkanes of at least 4 members (excludes halogenated alkanes) is 13. The van der Waals surface area contributed by atoms with Gasteiger partial charge in [0.1, 0.15) is 0 Å². The Labute approximate surface area is 109 Å². The van der Waals surface area contributed by atoms with Gasteiger partial charge in [-0.3, -0.25) is 4.70 Å². The van der Waals surface area contributed by atoms with E-state index in [-0.39, 0.29) is 4.70 Å². The van der Waals surface area contributed by atoms with Gasteiger partial charge in [0, 0.05) is 0 Å². The topological polar surface area (TPSA) is 0 Å². The molecule has 0 saturated carbocycles. The normalized spacial score (nSPS) is 10.2. The van der Waals surface area contributed by atoms with Crippen molar-refractivity contribution in [2.75, 3.05) is 0 Å². The van der Waals surface area contributed by atoms with E-state index in [2.05, 4.69) is 13.8 Å². The van der Waals surface area contributed by atoms with Crippen molar-refractivity contribution < 1.29 is 4.70 Å². The van der Waals surface area contributed by atoms with Crippen LogP contribution in [-0.2, 0) is 0 Å². The van der Waals surface area contributed by atoms with Crippen LogP contribution in [0.25, 0.3) is 0 Å².